The molecule has 0 spiro atoms. The predicted molar refractivity (Wildman–Crippen MR) is 62.4 cm³/mol. The van der Waals surface area contributed by atoms with Crippen LogP contribution in [-0.4, -0.2) is 21.8 Å². The Morgan fingerprint density at radius 1 is 1.50 bits per heavy atom. The van der Waals surface area contributed by atoms with Crippen LogP contribution in [0, 0.1) is 10.1 Å². The monoisotopic (exact) mass is 311 g/mol. The van der Waals surface area contributed by atoms with Gasteiger partial charge in [-0.15, -0.1) is 9.79 Å². The highest BCUT2D eigenvalue weighted by Crippen LogP contribution is 2.27. The average molecular weight is 312 g/mol. The van der Waals surface area contributed by atoms with Crippen LogP contribution in [0.5, 0.6) is 0 Å². The fraction of sp³-hybridized carbons (Fsp3) is 0.143. The largest absolute Gasteiger partial charge is 0.692 e. The first-order chi connectivity index (χ1) is 7.38. The van der Waals surface area contributed by atoms with E-state index in [1.807, 2.05) is 0 Å². The van der Waals surface area contributed by atoms with Gasteiger partial charge >= 0.3 is 8.25 Å². The Hall–Kier alpha value is -1.08. The van der Waals surface area contributed by atoms with Gasteiger partial charge < -0.3 is 5.32 Å². The van der Waals surface area contributed by atoms with Crippen LogP contribution in [0.2, 0.25) is 0 Å². The molecule has 0 fully saturated rings. The molecule has 1 rings (SSSR count). The van der Waals surface area contributed by atoms with Crippen LogP contribution >= 0.6 is 24.2 Å². The molecule has 0 aliphatic carbocycles. The topological polar surface area (TPSA) is 113 Å². The van der Waals surface area contributed by atoms with Crippen LogP contribution in [0.25, 0.3) is 0 Å². The number of rotatable bonds is 2. The third-order valence-corrected chi connectivity index (χ3v) is 1.92. The third-order valence-electron chi connectivity index (χ3n) is 1.43. The van der Waals surface area contributed by atoms with Crippen molar-refractivity contribution < 1.29 is 19.3 Å². The lowest BCUT2D eigenvalue weighted by Crippen LogP contribution is -1.95. The molecule has 0 aliphatic heterocycles. The molecule has 0 heterocycles. The van der Waals surface area contributed by atoms with E-state index in [9.17, 15) is 10.1 Å². The number of halogens is 1. The maximum Gasteiger partial charge on any atom is 0.692 e. The molecule has 0 atom stereocenters. The molecule has 0 unspecified atom stereocenters. The van der Waals surface area contributed by atoms with E-state index in [-0.39, 0.29) is 5.69 Å². The first-order valence-electron chi connectivity index (χ1n) is 3.85. The van der Waals surface area contributed by atoms with E-state index < -0.39 is 13.2 Å². The van der Waals surface area contributed by atoms with Crippen molar-refractivity contribution >= 4 is 35.6 Å². The van der Waals surface area contributed by atoms with E-state index in [1.54, 1.807) is 19.2 Å². The number of benzene rings is 1. The molecule has 0 aliphatic rings. The first kappa shape index (κ1) is 14.9. The zero-order chi connectivity index (χ0) is 12.7. The van der Waals surface area contributed by atoms with Crippen molar-refractivity contribution in [2.75, 3.05) is 12.4 Å². The third kappa shape index (κ3) is 5.72. The Bertz CT molecular complexity index is 396. The first-order valence-corrected chi connectivity index (χ1v) is 5.81. The summed E-state index contributed by atoms with van der Waals surface area (Å²) in [6.07, 6.45) is 0. The van der Waals surface area contributed by atoms with Gasteiger partial charge in [0.05, 0.1) is 4.92 Å². The lowest BCUT2D eigenvalue weighted by Gasteiger charge is -2.00. The molecule has 3 N–H and O–H groups in total. The Labute approximate surface area is 100 Å². The van der Waals surface area contributed by atoms with Crippen LogP contribution in [0.15, 0.2) is 22.7 Å². The highest BCUT2D eigenvalue weighted by molar-refractivity contribution is 9.10. The Morgan fingerprint density at radius 3 is 2.38 bits per heavy atom. The van der Waals surface area contributed by atoms with Gasteiger partial charge in [-0.2, -0.15) is 0 Å². The van der Waals surface area contributed by atoms with E-state index in [0.29, 0.717) is 10.2 Å². The standard InChI is InChI=1S/C7H7BrN2O2.HO3P/c1-9-6-3-2-5(8)4-7(6)10(11)12;1-4(2)3/h2-4,9H,1H3;(H-,1,2,3)/p+1. The van der Waals surface area contributed by atoms with Crippen LogP contribution in [-0.2, 0) is 4.57 Å². The van der Waals surface area contributed by atoms with Gasteiger partial charge in [0.15, 0.2) is 0 Å². The molecule has 0 saturated carbocycles. The predicted octanol–water partition coefficient (Wildman–Crippen LogP) is 2.03. The number of nitro benzene ring substituents is 1. The molecule has 0 amide bonds. The maximum absolute atomic E-state index is 10.5. The molecule has 7 nitrogen and oxygen atoms in total. The van der Waals surface area contributed by atoms with Crippen LogP contribution in [0.4, 0.5) is 11.4 Å². The van der Waals surface area contributed by atoms with E-state index in [4.69, 9.17) is 14.4 Å². The van der Waals surface area contributed by atoms with E-state index in [0.717, 1.165) is 0 Å². The summed E-state index contributed by atoms with van der Waals surface area (Å²) in [7, 11) is -1.22. The van der Waals surface area contributed by atoms with Gasteiger partial charge in [-0.05, 0) is 12.1 Å². The zero-order valence-electron chi connectivity index (χ0n) is 8.12. The van der Waals surface area contributed by atoms with Crippen LogP contribution < -0.4 is 5.32 Å². The summed E-state index contributed by atoms with van der Waals surface area (Å²) < 4.78 is 9.41. The number of nitro groups is 1. The van der Waals surface area contributed by atoms with Gasteiger partial charge in [-0.3, -0.25) is 10.1 Å². The number of anilines is 1. The van der Waals surface area contributed by atoms with Crippen molar-refractivity contribution in [1.82, 2.24) is 0 Å². The fourth-order valence-electron chi connectivity index (χ4n) is 0.867. The average Bonchev–Trinajstić information content (AvgIpc) is 2.16. The van der Waals surface area contributed by atoms with Crippen molar-refractivity contribution in [2.24, 2.45) is 0 Å². The number of hydrogen-bond donors (Lipinski definition) is 3. The second-order valence-electron chi connectivity index (χ2n) is 2.42. The minimum atomic E-state index is -2.87. The molecule has 0 saturated heterocycles. The van der Waals surface area contributed by atoms with Crippen LogP contribution in [0.1, 0.15) is 0 Å². The summed E-state index contributed by atoms with van der Waals surface area (Å²) >= 11 is 3.16. The molecule has 88 valence electrons. The SMILES string of the molecule is CNc1ccc(Br)cc1[N+](=O)[O-].O=[P+](O)O. The van der Waals surface area contributed by atoms with Crippen molar-refractivity contribution in [3.05, 3.63) is 32.8 Å². The second-order valence-corrected chi connectivity index (χ2v) is 3.84. The van der Waals surface area contributed by atoms with E-state index >= 15 is 0 Å². The van der Waals surface area contributed by atoms with Crippen molar-refractivity contribution in [1.29, 1.82) is 0 Å². The second kappa shape index (κ2) is 7.24. The van der Waals surface area contributed by atoms with Gasteiger partial charge in [0.1, 0.15) is 5.69 Å². The van der Waals surface area contributed by atoms with Crippen LogP contribution in [0.3, 0.4) is 0 Å². The number of nitrogens with zero attached hydrogens (tertiary/aromatic N) is 1. The molecule has 0 radical (unpaired) electrons. The van der Waals surface area contributed by atoms with Gasteiger partial charge in [0.2, 0.25) is 0 Å². The van der Waals surface area contributed by atoms with Crippen molar-refractivity contribution in [3.63, 3.8) is 0 Å². The molecule has 1 aromatic carbocycles. The fourth-order valence-corrected chi connectivity index (χ4v) is 1.22. The van der Waals surface area contributed by atoms with Gasteiger partial charge in [-0.1, -0.05) is 15.9 Å². The lowest BCUT2D eigenvalue weighted by molar-refractivity contribution is -0.384. The Kier molecular flexibility index (Phi) is 6.75. The van der Waals surface area contributed by atoms with Gasteiger partial charge in [0, 0.05) is 22.2 Å². The quantitative estimate of drug-likeness (QED) is 0.437. The molecular formula is C7H9BrN2O5P+. The summed E-state index contributed by atoms with van der Waals surface area (Å²) in [6.45, 7) is 0. The molecule has 16 heavy (non-hydrogen) atoms. The minimum Gasteiger partial charge on any atom is -0.383 e. The Morgan fingerprint density at radius 2 is 2.00 bits per heavy atom. The normalized spacial score (nSPS) is 8.75. The number of hydrogen-bond acceptors (Lipinski definition) is 4. The summed E-state index contributed by atoms with van der Waals surface area (Å²) in [6, 6.07) is 4.87. The highest BCUT2D eigenvalue weighted by atomic mass is 79.9. The molecular weight excluding hydrogens is 303 g/mol. The van der Waals surface area contributed by atoms with Gasteiger partial charge in [-0.25, -0.2) is 0 Å². The van der Waals surface area contributed by atoms with E-state index in [1.165, 1.54) is 6.07 Å². The maximum atomic E-state index is 10.5. The number of nitrogens with one attached hydrogen (secondary N) is 1. The summed E-state index contributed by atoms with van der Waals surface area (Å²) in [4.78, 5) is 24.3. The summed E-state index contributed by atoms with van der Waals surface area (Å²) in [5.41, 5.74) is 0.593. The smallest absolute Gasteiger partial charge is 0.383 e. The zero-order valence-corrected chi connectivity index (χ0v) is 10.6. The Balaban J connectivity index is 0.000000487. The summed E-state index contributed by atoms with van der Waals surface area (Å²) in [5.74, 6) is 0. The van der Waals surface area contributed by atoms with Crippen molar-refractivity contribution in [3.8, 4) is 0 Å². The lowest BCUT2D eigenvalue weighted by atomic mass is 10.3. The molecule has 1 aromatic rings. The van der Waals surface area contributed by atoms with E-state index in [2.05, 4.69) is 21.2 Å². The van der Waals surface area contributed by atoms with Crippen molar-refractivity contribution in [2.45, 2.75) is 0 Å². The minimum absolute atomic E-state index is 0.0758. The summed E-state index contributed by atoms with van der Waals surface area (Å²) in [5, 5.41) is 13.2. The van der Waals surface area contributed by atoms with Gasteiger partial charge in [0.25, 0.3) is 5.69 Å². The molecule has 0 bridgehead atoms. The molecule has 0 aromatic heterocycles. The highest BCUT2D eigenvalue weighted by Gasteiger charge is 2.11. The molecule has 9 heteroatoms.